The number of amides is 7. The first-order chi connectivity index (χ1) is 27.7. The van der Waals surface area contributed by atoms with Crippen molar-refractivity contribution in [1.29, 1.82) is 0 Å². The zero-order valence-electron chi connectivity index (χ0n) is 32.1. The van der Waals surface area contributed by atoms with E-state index in [1.54, 1.807) is 19.2 Å². The third-order valence-corrected chi connectivity index (χ3v) is 9.84. The second-order valence-electron chi connectivity index (χ2n) is 14.1. The molecule has 58 heavy (non-hydrogen) atoms. The molecule has 2 aliphatic heterocycles. The summed E-state index contributed by atoms with van der Waals surface area (Å²) in [7, 11) is 0. The molecule has 1 aromatic carbocycles. The quantitative estimate of drug-likeness (QED) is 0.0684. The van der Waals surface area contributed by atoms with E-state index in [1.165, 1.54) is 0 Å². The van der Waals surface area contributed by atoms with Crippen molar-refractivity contribution in [3.8, 4) is 0 Å². The number of carbonyl (C=O) groups excluding carboxylic acids is 6. The van der Waals surface area contributed by atoms with Gasteiger partial charge in [-0.15, -0.1) is 10.2 Å². The molecule has 5 rings (SSSR count). The van der Waals surface area contributed by atoms with Crippen LogP contribution in [0.4, 0.5) is 4.79 Å². The molecule has 0 aliphatic carbocycles. The molecule has 3 aromatic rings. The van der Waals surface area contributed by atoms with Crippen LogP contribution < -0.4 is 43.4 Å². The molecule has 4 heterocycles. The van der Waals surface area contributed by atoms with Crippen molar-refractivity contribution >= 4 is 58.4 Å². The van der Waals surface area contributed by atoms with E-state index in [0.29, 0.717) is 31.4 Å². The summed E-state index contributed by atoms with van der Waals surface area (Å²) in [5, 5.41) is 33.5. The summed E-state index contributed by atoms with van der Waals surface area (Å²) in [5.41, 5.74) is 12.2. The lowest BCUT2D eigenvalue weighted by Gasteiger charge is -2.29. The van der Waals surface area contributed by atoms with Gasteiger partial charge in [-0.2, -0.15) is 0 Å². The molecule has 22 heteroatoms. The Kier molecular flexibility index (Phi) is 14.3. The van der Waals surface area contributed by atoms with Crippen LogP contribution in [0.25, 0.3) is 10.9 Å². The normalized spacial score (nSPS) is 24.4. The lowest BCUT2D eigenvalue weighted by molar-refractivity contribution is -0.140. The minimum absolute atomic E-state index is 0.0499. The van der Waals surface area contributed by atoms with Crippen molar-refractivity contribution in [3.05, 3.63) is 47.8 Å². The molecule has 1 saturated heterocycles. The molecule has 2 bridgehead atoms. The van der Waals surface area contributed by atoms with Gasteiger partial charge in [0.25, 0.3) is 5.91 Å². The highest BCUT2D eigenvalue weighted by Gasteiger charge is 2.38. The Labute approximate surface area is 332 Å². The Hall–Kier alpha value is -6.58. The van der Waals surface area contributed by atoms with Gasteiger partial charge in [-0.3, -0.25) is 44.0 Å². The van der Waals surface area contributed by atoms with E-state index < -0.39 is 90.8 Å². The molecule has 12 N–H and O–H groups in total. The van der Waals surface area contributed by atoms with E-state index in [9.17, 15) is 38.7 Å². The molecule has 7 amide bonds. The van der Waals surface area contributed by atoms with Gasteiger partial charge in [0, 0.05) is 30.1 Å². The summed E-state index contributed by atoms with van der Waals surface area (Å²) in [4.78, 5) is 102. The Morgan fingerprint density at radius 2 is 1.69 bits per heavy atom. The van der Waals surface area contributed by atoms with Crippen LogP contribution in [0.15, 0.2) is 39.9 Å². The fraction of sp³-hybridized carbons (Fsp3) is 0.500. The summed E-state index contributed by atoms with van der Waals surface area (Å²) >= 11 is 0. The third kappa shape index (κ3) is 11.0. The molecule has 2 aliphatic rings. The number of nitrogens with zero attached hydrogens (tertiary/aromatic N) is 4. The Morgan fingerprint density at radius 1 is 0.948 bits per heavy atom. The summed E-state index contributed by atoms with van der Waals surface area (Å²) in [5.74, 6) is -5.34. The molecule has 312 valence electrons. The van der Waals surface area contributed by atoms with Gasteiger partial charge >= 0.3 is 12.0 Å². The van der Waals surface area contributed by atoms with Crippen LogP contribution >= 0.6 is 0 Å². The van der Waals surface area contributed by atoms with Crippen LogP contribution in [0.5, 0.6) is 0 Å². The van der Waals surface area contributed by atoms with Crippen molar-refractivity contribution < 1.29 is 43.1 Å². The van der Waals surface area contributed by atoms with Crippen LogP contribution in [0.3, 0.4) is 0 Å². The van der Waals surface area contributed by atoms with Gasteiger partial charge in [0.2, 0.25) is 35.4 Å². The fourth-order valence-electron chi connectivity index (χ4n) is 7.01. The molecule has 2 unspecified atom stereocenters. The molecule has 6 atom stereocenters. The molecule has 2 aromatic heterocycles. The van der Waals surface area contributed by atoms with E-state index in [1.807, 2.05) is 35.3 Å². The van der Waals surface area contributed by atoms with Gasteiger partial charge in [0.1, 0.15) is 24.2 Å². The summed E-state index contributed by atoms with van der Waals surface area (Å²) in [6.07, 6.45) is 2.44. The minimum atomic E-state index is -1.77. The number of carboxylic acids is 1. The average Bonchev–Trinajstić information content (AvgIpc) is 3.95. The highest BCUT2D eigenvalue weighted by molar-refractivity contribution is 6.01. The lowest BCUT2D eigenvalue weighted by Crippen LogP contribution is -2.58. The first-order valence-corrected chi connectivity index (χ1v) is 18.9. The predicted molar refractivity (Wildman–Crippen MR) is 205 cm³/mol. The number of aliphatic imine (C=N–C) groups is 1. The predicted octanol–water partition coefficient (Wildman–Crippen LogP) is -1.29. The maximum atomic E-state index is 14.0. The van der Waals surface area contributed by atoms with Crippen LogP contribution in [-0.4, -0.2) is 116 Å². The van der Waals surface area contributed by atoms with E-state index in [-0.39, 0.29) is 43.5 Å². The first kappa shape index (κ1) is 42.6. The number of urea groups is 1. The highest BCUT2D eigenvalue weighted by atomic mass is 16.4. The second kappa shape index (κ2) is 19.5. The van der Waals surface area contributed by atoms with Crippen LogP contribution in [0.2, 0.25) is 0 Å². The number of aromatic nitrogens is 3. The number of para-hydroxylation sites is 1. The summed E-state index contributed by atoms with van der Waals surface area (Å²) in [6.45, 7) is 3.58. The van der Waals surface area contributed by atoms with Crippen LogP contribution in [0.1, 0.15) is 81.8 Å². The largest absolute Gasteiger partial charge is 0.481 e. The maximum absolute atomic E-state index is 14.0. The number of hydrogen-bond acceptors (Lipinski definition) is 12. The van der Waals surface area contributed by atoms with Crippen molar-refractivity contribution in [3.63, 3.8) is 0 Å². The third-order valence-electron chi connectivity index (χ3n) is 9.84. The smallest absolute Gasteiger partial charge is 0.322 e. The van der Waals surface area contributed by atoms with Crippen molar-refractivity contribution in [2.24, 2.45) is 16.5 Å². The number of benzene rings is 1. The lowest BCUT2D eigenvalue weighted by atomic mass is 10.0. The number of H-pyrrole nitrogens is 1. The maximum Gasteiger partial charge on any atom is 0.322 e. The van der Waals surface area contributed by atoms with Crippen molar-refractivity contribution in [2.45, 2.75) is 95.0 Å². The number of hydrogen-bond donors (Lipinski definition) is 10. The van der Waals surface area contributed by atoms with Gasteiger partial charge in [0.05, 0.1) is 25.0 Å². The SMILES string of the molecule is CCC1c2nnc(o2)[C@H](C)NC(=O)C(Cc2c[nH]c3ccccc23)NC(=O)[C@H](CC(=O)O)NC(=O)NC(=O)[C@H](CCCN=C(N)N)NC(=O)CNC(=O)[C@@H]2CCCN12. The number of fused-ring (bicyclic) bond motifs is 4. The number of aromatic amines is 1. The Morgan fingerprint density at radius 3 is 2.43 bits per heavy atom. The Balaban J connectivity index is 1.47. The number of guanidine groups is 1. The van der Waals surface area contributed by atoms with Crippen molar-refractivity contribution in [1.82, 2.24) is 52.0 Å². The summed E-state index contributed by atoms with van der Waals surface area (Å²) < 4.78 is 6.06. The van der Waals surface area contributed by atoms with E-state index in [2.05, 4.69) is 46.8 Å². The fourth-order valence-corrected chi connectivity index (χ4v) is 7.01. The topological polar surface area (TPSA) is 334 Å². The number of carboxylic acid groups (broad SMARTS) is 1. The van der Waals surface area contributed by atoms with Crippen LogP contribution in [-0.2, 0) is 35.2 Å². The zero-order chi connectivity index (χ0) is 41.9. The van der Waals surface area contributed by atoms with Crippen LogP contribution in [0, 0.1) is 0 Å². The molecule has 1 fully saturated rings. The first-order valence-electron chi connectivity index (χ1n) is 18.9. The Bertz CT molecular complexity index is 2030. The standard InChI is InChI=1S/C36H49N13O9/c1-3-25-34-48-47-33(58-34)18(2)42-30(54)23(14-19-16-40-21-9-5-4-8-20(19)21)44-31(55)24(15-28(51)52)45-36(57)46-29(53)22(10-6-12-39-35(37)38)43-27(50)17-41-32(56)26-11-7-13-49(25)26/h4-5,8-9,16,18,22-26,40H,3,6-7,10-15,17H2,1-2H3,(H,41,56)(H,42,54)(H,43,50)(H,44,55)(H,51,52)(H4,37,38,39)(H2,45,46,53,57)/t18-,22-,23?,24-,25?,26-/m0/s1. The molecule has 0 radical (unpaired) electrons. The minimum Gasteiger partial charge on any atom is -0.481 e. The highest BCUT2D eigenvalue weighted by Crippen LogP contribution is 2.32. The molecule has 0 spiro atoms. The van der Waals surface area contributed by atoms with Gasteiger partial charge in [0.15, 0.2) is 5.96 Å². The number of carbonyl (C=O) groups is 7. The number of rotatable bonds is 9. The van der Waals surface area contributed by atoms with Gasteiger partial charge in [-0.25, -0.2) is 4.79 Å². The number of aliphatic carboxylic acids is 1. The van der Waals surface area contributed by atoms with Gasteiger partial charge in [-0.05, 0) is 57.2 Å². The monoisotopic (exact) mass is 807 g/mol. The van der Waals surface area contributed by atoms with E-state index in [4.69, 9.17) is 15.9 Å². The molecule has 22 nitrogen and oxygen atoms in total. The average molecular weight is 808 g/mol. The number of imide groups is 1. The van der Waals surface area contributed by atoms with E-state index in [0.717, 1.165) is 10.9 Å². The summed E-state index contributed by atoms with van der Waals surface area (Å²) in [6, 6.07) is -0.413. The van der Waals surface area contributed by atoms with Crippen molar-refractivity contribution in [2.75, 3.05) is 19.6 Å². The number of nitrogens with two attached hydrogens (primary N) is 2. The van der Waals surface area contributed by atoms with Gasteiger partial charge in [-0.1, -0.05) is 25.1 Å². The molecular weight excluding hydrogens is 758 g/mol. The molecular formula is C36H49N13O9. The van der Waals surface area contributed by atoms with E-state index >= 15 is 0 Å². The zero-order valence-corrected chi connectivity index (χ0v) is 32.1. The molecule has 0 saturated carbocycles. The second-order valence-corrected chi connectivity index (χ2v) is 14.1. The number of nitrogens with one attached hydrogen (secondary N) is 7. The van der Waals surface area contributed by atoms with Gasteiger partial charge < -0.3 is 52.6 Å².